The highest BCUT2D eigenvalue weighted by molar-refractivity contribution is 7.89. The van der Waals surface area contributed by atoms with Crippen LogP contribution in [0, 0.1) is 0 Å². The molecule has 0 aliphatic heterocycles. The third-order valence-electron chi connectivity index (χ3n) is 4.38. The first-order valence-corrected chi connectivity index (χ1v) is 10.9. The quantitative estimate of drug-likeness (QED) is 0.546. The van der Waals surface area contributed by atoms with E-state index in [9.17, 15) is 13.2 Å². The Morgan fingerprint density at radius 3 is 2.60 bits per heavy atom. The lowest BCUT2D eigenvalue weighted by Crippen LogP contribution is -2.23. The van der Waals surface area contributed by atoms with Gasteiger partial charge in [0.25, 0.3) is 5.91 Å². The molecule has 0 unspecified atom stereocenters. The zero-order valence-corrected chi connectivity index (χ0v) is 17.8. The minimum absolute atomic E-state index is 0.0350. The normalized spacial score (nSPS) is 11.6. The van der Waals surface area contributed by atoms with Crippen LogP contribution >= 0.6 is 0 Å². The fourth-order valence-corrected chi connectivity index (χ4v) is 3.78. The average molecular weight is 428 g/mol. The number of rotatable bonds is 9. The van der Waals surface area contributed by atoms with Crippen LogP contribution in [0.3, 0.4) is 0 Å². The highest BCUT2D eigenvalue weighted by Gasteiger charge is 2.16. The SMILES string of the molecule is CN(C)CCn1cc(NC(=O)c2cccc(S(=O)(=O)NCc3ccccc3)c2)cn1. The van der Waals surface area contributed by atoms with Crippen LogP contribution in [0.4, 0.5) is 5.69 Å². The standard InChI is InChI=1S/C21H25N5O3S/c1-25(2)11-12-26-16-19(15-22-26)24-21(27)18-9-6-10-20(13-18)30(28,29)23-14-17-7-4-3-5-8-17/h3-10,13,15-16,23H,11-12,14H2,1-2H3,(H,24,27). The molecule has 9 heteroatoms. The number of nitrogens with zero attached hydrogens (tertiary/aromatic N) is 3. The van der Waals surface area contributed by atoms with E-state index >= 15 is 0 Å². The number of amides is 1. The van der Waals surface area contributed by atoms with Crippen LogP contribution in [-0.4, -0.2) is 49.6 Å². The van der Waals surface area contributed by atoms with Crippen molar-refractivity contribution < 1.29 is 13.2 Å². The van der Waals surface area contributed by atoms with Gasteiger partial charge in [-0.1, -0.05) is 36.4 Å². The summed E-state index contributed by atoms with van der Waals surface area (Å²) in [5.41, 5.74) is 1.65. The van der Waals surface area contributed by atoms with Crippen molar-refractivity contribution in [1.82, 2.24) is 19.4 Å². The first-order chi connectivity index (χ1) is 14.3. The highest BCUT2D eigenvalue weighted by atomic mass is 32.2. The summed E-state index contributed by atoms with van der Waals surface area (Å²) in [5.74, 6) is -0.401. The van der Waals surface area contributed by atoms with Crippen LogP contribution in [-0.2, 0) is 23.1 Å². The number of likely N-dealkylation sites (N-methyl/N-ethyl adjacent to an activating group) is 1. The van der Waals surface area contributed by atoms with Crippen LogP contribution < -0.4 is 10.0 Å². The van der Waals surface area contributed by atoms with E-state index in [0.717, 1.165) is 12.1 Å². The van der Waals surface area contributed by atoms with E-state index in [0.29, 0.717) is 12.2 Å². The maximum atomic E-state index is 12.6. The van der Waals surface area contributed by atoms with Gasteiger partial charge in [0.05, 0.1) is 23.3 Å². The lowest BCUT2D eigenvalue weighted by atomic mass is 10.2. The number of anilines is 1. The fraction of sp³-hybridized carbons (Fsp3) is 0.238. The van der Waals surface area contributed by atoms with Crippen molar-refractivity contribution in [3.63, 3.8) is 0 Å². The zero-order valence-electron chi connectivity index (χ0n) is 16.9. The van der Waals surface area contributed by atoms with Crippen LogP contribution in [0.15, 0.2) is 71.9 Å². The molecule has 30 heavy (non-hydrogen) atoms. The molecule has 1 aromatic heterocycles. The van der Waals surface area contributed by atoms with E-state index in [1.165, 1.54) is 12.1 Å². The maximum absolute atomic E-state index is 12.6. The van der Waals surface area contributed by atoms with E-state index in [1.807, 2.05) is 49.3 Å². The van der Waals surface area contributed by atoms with E-state index in [-0.39, 0.29) is 17.0 Å². The van der Waals surface area contributed by atoms with Crippen molar-refractivity contribution in [2.24, 2.45) is 0 Å². The van der Waals surface area contributed by atoms with Crippen molar-refractivity contribution in [2.75, 3.05) is 26.0 Å². The number of sulfonamides is 1. The molecule has 3 aromatic rings. The summed E-state index contributed by atoms with van der Waals surface area (Å²) in [6.07, 6.45) is 3.30. The molecule has 0 saturated heterocycles. The molecular weight excluding hydrogens is 402 g/mol. The molecule has 8 nitrogen and oxygen atoms in total. The Morgan fingerprint density at radius 2 is 1.87 bits per heavy atom. The van der Waals surface area contributed by atoms with Crippen molar-refractivity contribution in [3.8, 4) is 0 Å². The first kappa shape index (κ1) is 21.7. The molecule has 2 N–H and O–H groups in total. The summed E-state index contributed by atoms with van der Waals surface area (Å²) in [5, 5.41) is 6.97. The molecule has 3 rings (SSSR count). The predicted molar refractivity (Wildman–Crippen MR) is 116 cm³/mol. The van der Waals surface area contributed by atoms with Gasteiger partial charge in [-0.3, -0.25) is 9.48 Å². The zero-order chi connectivity index (χ0) is 21.6. The van der Waals surface area contributed by atoms with E-state index in [2.05, 4.69) is 15.1 Å². The van der Waals surface area contributed by atoms with Crippen molar-refractivity contribution in [1.29, 1.82) is 0 Å². The number of carbonyl (C=O) groups excluding carboxylic acids is 1. The number of carbonyl (C=O) groups is 1. The van der Waals surface area contributed by atoms with Gasteiger partial charge in [-0.2, -0.15) is 5.10 Å². The highest BCUT2D eigenvalue weighted by Crippen LogP contribution is 2.14. The molecule has 0 atom stereocenters. The first-order valence-electron chi connectivity index (χ1n) is 9.46. The summed E-state index contributed by atoms with van der Waals surface area (Å²) in [7, 11) is 0.198. The lowest BCUT2D eigenvalue weighted by Gasteiger charge is -2.09. The molecule has 0 aliphatic carbocycles. The monoisotopic (exact) mass is 427 g/mol. The number of nitrogens with one attached hydrogen (secondary N) is 2. The van der Waals surface area contributed by atoms with Gasteiger partial charge in [-0.05, 0) is 37.9 Å². The van der Waals surface area contributed by atoms with Gasteiger partial charge in [0, 0.05) is 24.8 Å². The summed E-state index contributed by atoms with van der Waals surface area (Å²) in [6, 6.07) is 15.2. The molecule has 0 saturated carbocycles. The molecule has 0 fully saturated rings. The predicted octanol–water partition coefficient (Wildman–Crippen LogP) is 2.18. The van der Waals surface area contributed by atoms with Gasteiger partial charge in [0.1, 0.15) is 0 Å². The number of hydrogen-bond donors (Lipinski definition) is 2. The summed E-state index contributed by atoms with van der Waals surface area (Å²) >= 11 is 0. The lowest BCUT2D eigenvalue weighted by molar-refractivity contribution is 0.102. The van der Waals surface area contributed by atoms with Gasteiger partial charge in [0.15, 0.2) is 0 Å². The summed E-state index contributed by atoms with van der Waals surface area (Å²) in [4.78, 5) is 14.7. The van der Waals surface area contributed by atoms with Gasteiger partial charge < -0.3 is 10.2 Å². The van der Waals surface area contributed by atoms with Gasteiger partial charge in [0.2, 0.25) is 10.0 Å². The summed E-state index contributed by atoms with van der Waals surface area (Å²) in [6.45, 7) is 1.69. The largest absolute Gasteiger partial charge is 0.319 e. The Balaban J connectivity index is 1.66. The Bertz CT molecular complexity index is 1090. The van der Waals surface area contributed by atoms with Crippen molar-refractivity contribution in [3.05, 3.63) is 78.1 Å². The molecule has 1 heterocycles. The Morgan fingerprint density at radius 1 is 1.10 bits per heavy atom. The van der Waals surface area contributed by atoms with E-state index in [1.54, 1.807) is 29.2 Å². The minimum atomic E-state index is -3.75. The Kier molecular flexibility index (Phi) is 6.99. The molecule has 0 spiro atoms. The Hall–Kier alpha value is -3.01. The summed E-state index contributed by atoms with van der Waals surface area (Å²) < 4.78 is 29.5. The number of hydrogen-bond acceptors (Lipinski definition) is 5. The molecule has 2 aromatic carbocycles. The topological polar surface area (TPSA) is 96.3 Å². The molecule has 1 amide bonds. The van der Waals surface area contributed by atoms with E-state index in [4.69, 9.17) is 0 Å². The second-order valence-corrected chi connectivity index (χ2v) is 8.85. The minimum Gasteiger partial charge on any atom is -0.319 e. The number of aromatic nitrogens is 2. The van der Waals surface area contributed by atoms with Crippen molar-refractivity contribution >= 4 is 21.6 Å². The van der Waals surface area contributed by atoms with Crippen molar-refractivity contribution in [2.45, 2.75) is 18.0 Å². The second kappa shape index (κ2) is 9.66. The van der Waals surface area contributed by atoms with Crippen LogP contribution in [0.5, 0.6) is 0 Å². The van der Waals surface area contributed by atoms with Gasteiger partial charge >= 0.3 is 0 Å². The van der Waals surface area contributed by atoms with E-state index < -0.39 is 15.9 Å². The average Bonchev–Trinajstić information content (AvgIpc) is 3.19. The second-order valence-electron chi connectivity index (χ2n) is 7.09. The third-order valence-corrected chi connectivity index (χ3v) is 5.78. The molecule has 0 radical (unpaired) electrons. The molecule has 0 aliphatic rings. The molecule has 158 valence electrons. The van der Waals surface area contributed by atoms with Gasteiger partial charge in [-0.15, -0.1) is 0 Å². The van der Waals surface area contributed by atoms with Crippen LogP contribution in [0.1, 0.15) is 15.9 Å². The molecular formula is C21H25N5O3S. The smallest absolute Gasteiger partial charge is 0.255 e. The molecule has 0 bridgehead atoms. The fourth-order valence-electron chi connectivity index (χ4n) is 2.72. The number of benzene rings is 2. The van der Waals surface area contributed by atoms with Crippen LogP contribution in [0.25, 0.3) is 0 Å². The van der Waals surface area contributed by atoms with Gasteiger partial charge in [-0.25, -0.2) is 13.1 Å². The maximum Gasteiger partial charge on any atom is 0.255 e. The Labute approximate surface area is 176 Å². The third kappa shape index (κ3) is 5.99. The van der Waals surface area contributed by atoms with Crippen LogP contribution in [0.2, 0.25) is 0 Å².